The second-order valence-corrected chi connectivity index (χ2v) is 8.77. The monoisotopic (exact) mass is 510 g/mol. The van der Waals surface area contributed by atoms with Crippen molar-refractivity contribution in [1.82, 2.24) is 0 Å². The number of methoxy groups -OCH3 is 1. The molecular formula is C25H34O11. The number of aliphatic hydroxyl groups is 6. The Labute approximate surface area is 208 Å². The molecule has 1 unspecified atom stereocenters. The zero-order valence-corrected chi connectivity index (χ0v) is 19.9. The van der Waals surface area contributed by atoms with Crippen LogP contribution in [-0.2, 0) is 17.6 Å². The Kier molecular flexibility index (Phi) is 9.74. The van der Waals surface area contributed by atoms with Crippen molar-refractivity contribution in [2.75, 3.05) is 26.9 Å². The Morgan fingerprint density at radius 1 is 0.917 bits per heavy atom. The number of phenolic OH excluding ortho intramolecular Hbond substituents is 2. The van der Waals surface area contributed by atoms with E-state index < -0.39 is 43.2 Å². The summed E-state index contributed by atoms with van der Waals surface area (Å²) >= 11 is 0. The standard InChI is InChI=1S/C25H34O11/c1-34-19-10-14(4-5-17(19)29)7-15(11-27)16-8-13(3-2-6-26)9-18(30)24(16)36-25-23(33)22(32)21(31)20(12-28)35-25/h4-5,8-10,15,20-23,25-33H,2-3,6-7,11-12H2,1H3/t15?,20-,21-,22+,23-,25+/m1/s1. The molecule has 0 aliphatic carbocycles. The lowest BCUT2D eigenvalue weighted by atomic mass is 9.89. The number of rotatable bonds is 11. The zero-order chi connectivity index (χ0) is 26.4. The number of aromatic hydroxyl groups is 2. The summed E-state index contributed by atoms with van der Waals surface area (Å²) in [6, 6.07) is 7.87. The Morgan fingerprint density at radius 3 is 2.31 bits per heavy atom. The minimum atomic E-state index is -1.70. The van der Waals surface area contributed by atoms with Gasteiger partial charge in [-0.1, -0.05) is 12.1 Å². The van der Waals surface area contributed by atoms with Crippen molar-refractivity contribution in [3.8, 4) is 23.0 Å². The molecule has 1 aliphatic rings. The lowest BCUT2D eigenvalue weighted by molar-refractivity contribution is -0.277. The molecule has 6 atom stereocenters. The van der Waals surface area contributed by atoms with Gasteiger partial charge in [0, 0.05) is 18.1 Å². The van der Waals surface area contributed by atoms with Gasteiger partial charge >= 0.3 is 0 Å². The van der Waals surface area contributed by atoms with Crippen molar-refractivity contribution in [3.63, 3.8) is 0 Å². The summed E-state index contributed by atoms with van der Waals surface area (Å²) in [4.78, 5) is 0. The summed E-state index contributed by atoms with van der Waals surface area (Å²) in [5.74, 6) is -0.853. The average molecular weight is 511 g/mol. The molecule has 36 heavy (non-hydrogen) atoms. The van der Waals surface area contributed by atoms with Crippen molar-refractivity contribution in [1.29, 1.82) is 0 Å². The molecule has 0 saturated carbocycles. The number of ether oxygens (including phenoxy) is 3. The van der Waals surface area contributed by atoms with Crippen LogP contribution in [0, 0.1) is 0 Å². The van der Waals surface area contributed by atoms with Gasteiger partial charge in [-0.05, 0) is 48.6 Å². The summed E-state index contributed by atoms with van der Waals surface area (Å²) in [7, 11) is 1.41. The molecular weight excluding hydrogens is 476 g/mol. The number of hydrogen-bond acceptors (Lipinski definition) is 11. The maximum atomic E-state index is 10.8. The van der Waals surface area contributed by atoms with Gasteiger partial charge in [0.15, 0.2) is 23.0 Å². The molecule has 1 fully saturated rings. The molecule has 1 aliphatic heterocycles. The highest BCUT2D eigenvalue weighted by Gasteiger charge is 2.45. The molecule has 0 radical (unpaired) electrons. The topological polar surface area (TPSA) is 190 Å². The van der Waals surface area contributed by atoms with Crippen LogP contribution in [0.4, 0.5) is 0 Å². The van der Waals surface area contributed by atoms with Crippen molar-refractivity contribution < 1.29 is 55.1 Å². The maximum absolute atomic E-state index is 10.8. The zero-order valence-electron chi connectivity index (χ0n) is 19.9. The van der Waals surface area contributed by atoms with E-state index in [1.807, 2.05) is 0 Å². The lowest BCUT2D eigenvalue weighted by Crippen LogP contribution is -2.60. The fraction of sp³-hybridized carbons (Fsp3) is 0.520. The predicted molar refractivity (Wildman–Crippen MR) is 126 cm³/mol. The first kappa shape index (κ1) is 27.9. The van der Waals surface area contributed by atoms with E-state index in [0.29, 0.717) is 29.5 Å². The summed E-state index contributed by atoms with van der Waals surface area (Å²) in [6.07, 6.45) is -6.57. The minimum Gasteiger partial charge on any atom is -0.504 e. The number of aliphatic hydroxyl groups excluding tert-OH is 6. The molecule has 1 heterocycles. The van der Waals surface area contributed by atoms with Crippen molar-refractivity contribution >= 4 is 0 Å². The molecule has 2 aromatic rings. The highest BCUT2D eigenvalue weighted by molar-refractivity contribution is 5.51. The molecule has 0 bridgehead atoms. The summed E-state index contributed by atoms with van der Waals surface area (Å²) < 4.78 is 16.4. The van der Waals surface area contributed by atoms with Crippen molar-refractivity contribution in [2.45, 2.75) is 55.9 Å². The Morgan fingerprint density at radius 2 is 1.67 bits per heavy atom. The van der Waals surface area contributed by atoms with Gasteiger partial charge in [-0.2, -0.15) is 0 Å². The third-order valence-electron chi connectivity index (χ3n) is 6.25. The van der Waals surface area contributed by atoms with Crippen LogP contribution in [-0.4, -0.2) is 98.5 Å². The number of hydrogen-bond donors (Lipinski definition) is 8. The van der Waals surface area contributed by atoms with Crippen LogP contribution in [0.15, 0.2) is 30.3 Å². The van der Waals surface area contributed by atoms with E-state index >= 15 is 0 Å². The van der Waals surface area contributed by atoms with Gasteiger partial charge < -0.3 is 55.1 Å². The first-order chi connectivity index (χ1) is 17.2. The van der Waals surface area contributed by atoms with E-state index in [4.69, 9.17) is 14.2 Å². The number of aryl methyl sites for hydroxylation is 1. The maximum Gasteiger partial charge on any atom is 0.229 e. The predicted octanol–water partition coefficient (Wildman–Crippen LogP) is -0.471. The van der Waals surface area contributed by atoms with Crippen molar-refractivity contribution in [3.05, 3.63) is 47.0 Å². The first-order valence-corrected chi connectivity index (χ1v) is 11.6. The number of phenols is 2. The molecule has 2 aromatic carbocycles. The minimum absolute atomic E-state index is 0.0444. The van der Waals surface area contributed by atoms with Gasteiger partial charge in [-0.25, -0.2) is 0 Å². The van der Waals surface area contributed by atoms with Crippen LogP contribution >= 0.6 is 0 Å². The molecule has 0 spiro atoms. The highest BCUT2D eigenvalue weighted by atomic mass is 16.7. The molecule has 3 rings (SSSR count). The second-order valence-electron chi connectivity index (χ2n) is 8.77. The normalized spacial score (nSPS) is 24.9. The van der Waals surface area contributed by atoms with Crippen LogP contribution in [0.5, 0.6) is 23.0 Å². The van der Waals surface area contributed by atoms with Crippen molar-refractivity contribution in [2.24, 2.45) is 0 Å². The molecule has 1 saturated heterocycles. The Bertz CT molecular complexity index is 996. The van der Waals surface area contributed by atoms with Gasteiger partial charge in [-0.3, -0.25) is 0 Å². The molecule has 0 aromatic heterocycles. The van der Waals surface area contributed by atoms with Crippen LogP contribution in [0.3, 0.4) is 0 Å². The first-order valence-electron chi connectivity index (χ1n) is 11.6. The van der Waals surface area contributed by atoms with E-state index in [9.17, 15) is 40.9 Å². The lowest BCUT2D eigenvalue weighted by Gasteiger charge is -2.40. The van der Waals surface area contributed by atoms with E-state index in [0.717, 1.165) is 0 Å². The Hall–Kier alpha value is -2.64. The summed E-state index contributed by atoms with van der Waals surface area (Å²) in [5.41, 5.74) is 1.75. The van der Waals surface area contributed by atoms with Gasteiger partial charge in [0.2, 0.25) is 6.29 Å². The Balaban J connectivity index is 1.99. The molecule has 11 nitrogen and oxygen atoms in total. The molecule has 8 N–H and O–H groups in total. The van der Waals surface area contributed by atoms with Crippen LogP contribution in [0.25, 0.3) is 0 Å². The van der Waals surface area contributed by atoms with Crippen LogP contribution in [0.2, 0.25) is 0 Å². The molecule has 200 valence electrons. The van der Waals surface area contributed by atoms with Gasteiger partial charge in [0.05, 0.1) is 20.3 Å². The average Bonchev–Trinajstić information content (AvgIpc) is 2.88. The van der Waals surface area contributed by atoms with Gasteiger partial charge in [0.25, 0.3) is 0 Å². The van der Waals surface area contributed by atoms with Gasteiger partial charge in [0.1, 0.15) is 24.4 Å². The third-order valence-corrected chi connectivity index (χ3v) is 6.25. The van der Waals surface area contributed by atoms with Gasteiger partial charge in [-0.15, -0.1) is 0 Å². The molecule has 11 heteroatoms. The summed E-state index contributed by atoms with van der Waals surface area (Å²) in [5, 5.41) is 80.3. The largest absolute Gasteiger partial charge is 0.504 e. The third kappa shape index (κ3) is 6.19. The smallest absolute Gasteiger partial charge is 0.229 e. The van der Waals surface area contributed by atoms with E-state index in [1.54, 1.807) is 18.2 Å². The second kappa shape index (κ2) is 12.5. The fourth-order valence-electron chi connectivity index (χ4n) is 4.24. The van der Waals surface area contributed by atoms with Crippen LogP contribution < -0.4 is 9.47 Å². The fourth-order valence-corrected chi connectivity index (χ4v) is 4.24. The van der Waals surface area contributed by atoms with E-state index in [2.05, 4.69) is 0 Å². The van der Waals surface area contributed by atoms with Crippen LogP contribution in [0.1, 0.15) is 29.0 Å². The SMILES string of the molecule is COc1cc(CC(CO)c2cc(CCCO)cc(O)c2O[C@@H]2O[C@H](CO)[C@@H](O)[C@H](O)[C@H]2O)ccc1O. The highest BCUT2D eigenvalue weighted by Crippen LogP contribution is 2.40. The number of benzene rings is 2. The quantitative estimate of drug-likeness (QED) is 0.195. The van der Waals surface area contributed by atoms with E-state index in [-0.39, 0.29) is 42.6 Å². The summed E-state index contributed by atoms with van der Waals surface area (Å²) in [6.45, 7) is -1.07. The van der Waals surface area contributed by atoms with E-state index in [1.165, 1.54) is 19.2 Å². The molecule has 0 amide bonds.